The van der Waals surface area contributed by atoms with Gasteiger partial charge >= 0.3 is 0 Å². The minimum absolute atomic E-state index is 0.899. The van der Waals surface area contributed by atoms with E-state index in [0.29, 0.717) is 0 Å². The Morgan fingerprint density at radius 1 is 1.11 bits per heavy atom. The van der Waals surface area contributed by atoms with Gasteiger partial charge in [-0.25, -0.2) is 0 Å². The number of carbonyl (C=O) groups excluding carboxylic acids is 1. The van der Waals surface area contributed by atoms with Crippen LogP contribution in [0.2, 0.25) is 0 Å². The van der Waals surface area contributed by atoms with Crippen LogP contribution in [0.1, 0.15) is 61.8 Å². The molecule has 0 atom stereocenters. The lowest BCUT2D eigenvalue weighted by atomic mass is 9.90. The van der Waals surface area contributed by atoms with E-state index < -0.39 is 0 Å². The van der Waals surface area contributed by atoms with Crippen molar-refractivity contribution in [3.8, 4) is 0 Å². The van der Waals surface area contributed by atoms with Gasteiger partial charge in [0.1, 0.15) is 6.29 Å². The highest BCUT2D eigenvalue weighted by Crippen LogP contribution is 2.28. The second kappa shape index (κ2) is 7.28. The van der Waals surface area contributed by atoms with Crippen molar-refractivity contribution in [1.29, 1.82) is 0 Å². The average molecular weight is 258 g/mol. The number of allylic oxidation sites excluding steroid dienone is 2. The van der Waals surface area contributed by atoms with Crippen molar-refractivity contribution in [2.45, 2.75) is 60.3 Å². The summed E-state index contributed by atoms with van der Waals surface area (Å²) >= 11 is 0. The van der Waals surface area contributed by atoms with Crippen LogP contribution in [-0.2, 0) is 4.79 Å². The Labute approximate surface area is 117 Å². The van der Waals surface area contributed by atoms with E-state index in [1.807, 2.05) is 0 Å². The summed E-state index contributed by atoms with van der Waals surface area (Å²) in [7, 11) is 0. The van der Waals surface area contributed by atoms with Gasteiger partial charge in [0.05, 0.1) is 0 Å². The molecule has 1 heteroatoms. The third-order valence-electron chi connectivity index (χ3n) is 3.73. The van der Waals surface area contributed by atoms with Crippen LogP contribution in [0.25, 0.3) is 5.57 Å². The summed E-state index contributed by atoms with van der Waals surface area (Å²) in [6.45, 7) is 10.6. The van der Waals surface area contributed by atoms with Crippen LogP contribution in [-0.4, -0.2) is 6.29 Å². The maximum atomic E-state index is 11.3. The van der Waals surface area contributed by atoms with Gasteiger partial charge in [0.25, 0.3) is 0 Å². The molecule has 1 nitrogen and oxygen atoms in total. The zero-order chi connectivity index (χ0) is 14.4. The fraction of sp³-hybridized carbons (Fsp3) is 0.500. The third kappa shape index (κ3) is 4.05. The molecule has 104 valence electrons. The summed E-state index contributed by atoms with van der Waals surface area (Å²) in [5.74, 6) is 0. The molecule has 1 aromatic carbocycles. The monoisotopic (exact) mass is 258 g/mol. The van der Waals surface area contributed by atoms with E-state index in [0.717, 1.165) is 30.3 Å². The quantitative estimate of drug-likeness (QED) is 0.391. The normalized spacial score (nSPS) is 12.3. The predicted octanol–water partition coefficient (Wildman–Crippen LogP) is 5.16. The van der Waals surface area contributed by atoms with Gasteiger partial charge in [0, 0.05) is 0 Å². The molecule has 19 heavy (non-hydrogen) atoms. The lowest BCUT2D eigenvalue weighted by molar-refractivity contribution is -0.105. The average Bonchev–Trinajstić information content (AvgIpc) is 2.33. The van der Waals surface area contributed by atoms with Crippen LogP contribution in [0, 0.1) is 20.8 Å². The summed E-state index contributed by atoms with van der Waals surface area (Å²) in [5.41, 5.74) is 7.19. The van der Waals surface area contributed by atoms with Crippen LogP contribution in [0.3, 0.4) is 0 Å². The molecule has 0 radical (unpaired) electrons. The first-order valence-electron chi connectivity index (χ1n) is 7.24. The molecule has 0 N–H and O–H groups in total. The van der Waals surface area contributed by atoms with Crippen LogP contribution in [0.4, 0.5) is 0 Å². The first kappa shape index (κ1) is 15.7. The number of hydrogen-bond acceptors (Lipinski definition) is 1. The molecule has 0 heterocycles. The molecule has 0 bridgehead atoms. The Bertz CT molecular complexity index is 457. The van der Waals surface area contributed by atoms with Crippen LogP contribution >= 0.6 is 0 Å². The number of carbonyl (C=O) groups is 1. The second-order valence-corrected chi connectivity index (χ2v) is 5.50. The van der Waals surface area contributed by atoms with Crippen molar-refractivity contribution in [2.24, 2.45) is 0 Å². The Kier molecular flexibility index (Phi) is 6.01. The number of unbranched alkanes of at least 4 members (excludes halogenated alkanes) is 2. The molecule has 0 aromatic heterocycles. The zero-order valence-corrected chi connectivity index (χ0v) is 13.0. The number of aryl methyl sites for hydroxylation is 3. The van der Waals surface area contributed by atoms with E-state index in [2.05, 4.69) is 46.8 Å². The second-order valence-electron chi connectivity index (χ2n) is 5.50. The van der Waals surface area contributed by atoms with Gasteiger partial charge in [0.2, 0.25) is 0 Å². The van der Waals surface area contributed by atoms with Gasteiger partial charge in [-0.05, 0) is 68.4 Å². The van der Waals surface area contributed by atoms with Crippen molar-refractivity contribution in [3.05, 3.63) is 40.0 Å². The van der Waals surface area contributed by atoms with Gasteiger partial charge in [-0.3, -0.25) is 4.79 Å². The SMILES string of the molecule is CCCCC/C(C=O)=C(\C)c1c(C)cc(C)cc1C. The fourth-order valence-corrected chi connectivity index (χ4v) is 2.83. The van der Waals surface area contributed by atoms with Crippen molar-refractivity contribution < 1.29 is 4.79 Å². The predicted molar refractivity (Wildman–Crippen MR) is 83.5 cm³/mol. The van der Waals surface area contributed by atoms with Crippen LogP contribution in [0.5, 0.6) is 0 Å². The first-order chi connectivity index (χ1) is 9.01. The fourth-order valence-electron chi connectivity index (χ4n) is 2.83. The Morgan fingerprint density at radius 2 is 1.68 bits per heavy atom. The molecule has 0 fully saturated rings. The Balaban J connectivity index is 3.14. The molecule has 0 saturated heterocycles. The highest BCUT2D eigenvalue weighted by atomic mass is 16.1. The summed E-state index contributed by atoms with van der Waals surface area (Å²) in [6.07, 6.45) is 5.43. The molecule has 0 amide bonds. The van der Waals surface area contributed by atoms with E-state index in [1.54, 1.807) is 0 Å². The molecule has 0 unspecified atom stereocenters. The van der Waals surface area contributed by atoms with Gasteiger partial charge in [-0.15, -0.1) is 0 Å². The zero-order valence-electron chi connectivity index (χ0n) is 13.0. The van der Waals surface area contributed by atoms with E-state index >= 15 is 0 Å². The lowest BCUT2D eigenvalue weighted by Gasteiger charge is -2.14. The lowest BCUT2D eigenvalue weighted by Crippen LogP contribution is -1.97. The highest BCUT2D eigenvalue weighted by Gasteiger charge is 2.10. The van der Waals surface area contributed by atoms with E-state index in [-0.39, 0.29) is 0 Å². The molecule has 1 rings (SSSR count). The number of hydrogen-bond donors (Lipinski definition) is 0. The van der Waals surface area contributed by atoms with E-state index in [4.69, 9.17) is 0 Å². The standard InChI is InChI=1S/C18H26O/c1-6-7-8-9-17(12-19)16(5)18-14(3)10-13(2)11-15(18)4/h10-12H,6-9H2,1-5H3/b17-16-. The summed E-state index contributed by atoms with van der Waals surface area (Å²) in [5, 5.41) is 0. The molecular formula is C18H26O. The number of benzene rings is 1. The minimum atomic E-state index is 0.899. The smallest absolute Gasteiger partial charge is 0.146 e. The maximum Gasteiger partial charge on any atom is 0.146 e. The van der Waals surface area contributed by atoms with Gasteiger partial charge in [0.15, 0.2) is 0 Å². The molecule has 0 saturated carbocycles. The molecule has 0 aliphatic rings. The summed E-state index contributed by atoms with van der Waals surface area (Å²) < 4.78 is 0. The minimum Gasteiger partial charge on any atom is -0.298 e. The van der Waals surface area contributed by atoms with E-state index in [1.165, 1.54) is 35.1 Å². The summed E-state index contributed by atoms with van der Waals surface area (Å²) in [4.78, 5) is 11.3. The Hall–Kier alpha value is -1.37. The number of aldehydes is 1. The van der Waals surface area contributed by atoms with Crippen molar-refractivity contribution in [2.75, 3.05) is 0 Å². The van der Waals surface area contributed by atoms with Gasteiger partial charge in [-0.2, -0.15) is 0 Å². The van der Waals surface area contributed by atoms with Gasteiger partial charge in [-0.1, -0.05) is 37.5 Å². The van der Waals surface area contributed by atoms with Gasteiger partial charge < -0.3 is 0 Å². The van der Waals surface area contributed by atoms with E-state index in [9.17, 15) is 4.79 Å². The largest absolute Gasteiger partial charge is 0.298 e. The number of rotatable bonds is 6. The molecule has 1 aromatic rings. The van der Waals surface area contributed by atoms with Crippen molar-refractivity contribution >= 4 is 11.9 Å². The molecule has 0 aliphatic carbocycles. The van der Waals surface area contributed by atoms with Crippen LogP contribution < -0.4 is 0 Å². The van der Waals surface area contributed by atoms with Crippen molar-refractivity contribution in [1.82, 2.24) is 0 Å². The molecule has 0 aliphatic heterocycles. The topological polar surface area (TPSA) is 17.1 Å². The highest BCUT2D eigenvalue weighted by molar-refractivity contribution is 5.88. The first-order valence-corrected chi connectivity index (χ1v) is 7.24. The maximum absolute atomic E-state index is 11.3. The molecular weight excluding hydrogens is 232 g/mol. The molecule has 0 spiro atoms. The summed E-state index contributed by atoms with van der Waals surface area (Å²) in [6, 6.07) is 4.39. The third-order valence-corrected chi connectivity index (χ3v) is 3.73. The van der Waals surface area contributed by atoms with Crippen LogP contribution in [0.15, 0.2) is 17.7 Å². The Morgan fingerprint density at radius 3 is 2.16 bits per heavy atom. The van der Waals surface area contributed by atoms with Crippen molar-refractivity contribution in [3.63, 3.8) is 0 Å².